The quantitative estimate of drug-likeness (QED) is 0.527. The van der Waals surface area contributed by atoms with Crippen LogP contribution in [0.5, 0.6) is 0 Å². The zero-order valence-corrected chi connectivity index (χ0v) is 13.9. The molecule has 0 saturated heterocycles. The molecule has 7 nitrogen and oxygen atoms in total. The molecular weight excluding hydrogens is 318 g/mol. The van der Waals surface area contributed by atoms with Gasteiger partial charge in [0.1, 0.15) is 6.33 Å². The summed E-state index contributed by atoms with van der Waals surface area (Å²) in [6.45, 7) is 3.95. The standard InChI is InChI=1S/C18H17N5O2/c1-12-3-7-14(8-4-12)21-17-16(23(24)25)18(20-11-19-17)22-15-9-5-13(2)6-10-15/h3-11H,1-2H3,(H2,19,20,21,22). The Bertz CT molecular complexity index is 827. The summed E-state index contributed by atoms with van der Waals surface area (Å²) in [7, 11) is 0. The van der Waals surface area contributed by atoms with Crippen molar-refractivity contribution in [1.29, 1.82) is 0 Å². The van der Waals surface area contributed by atoms with Crippen molar-refractivity contribution in [3.8, 4) is 0 Å². The van der Waals surface area contributed by atoms with E-state index < -0.39 is 4.92 Å². The Morgan fingerprint density at radius 2 is 1.20 bits per heavy atom. The molecule has 7 heteroatoms. The van der Waals surface area contributed by atoms with E-state index in [-0.39, 0.29) is 17.3 Å². The molecule has 0 radical (unpaired) electrons. The van der Waals surface area contributed by atoms with Gasteiger partial charge in [-0.25, -0.2) is 9.97 Å². The van der Waals surface area contributed by atoms with Crippen LogP contribution in [0.25, 0.3) is 0 Å². The van der Waals surface area contributed by atoms with Gasteiger partial charge in [-0.15, -0.1) is 0 Å². The highest BCUT2D eigenvalue weighted by Crippen LogP contribution is 2.32. The molecule has 3 rings (SSSR count). The van der Waals surface area contributed by atoms with Crippen molar-refractivity contribution in [3.63, 3.8) is 0 Å². The smallest absolute Gasteiger partial charge is 0.334 e. The van der Waals surface area contributed by atoms with Crippen molar-refractivity contribution in [2.75, 3.05) is 10.6 Å². The SMILES string of the molecule is Cc1ccc(Nc2ncnc(Nc3ccc(C)cc3)c2[N+](=O)[O-])cc1. The number of hydrogen-bond acceptors (Lipinski definition) is 6. The van der Waals surface area contributed by atoms with Crippen LogP contribution in [-0.4, -0.2) is 14.9 Å². The lowest BCUT2D eigenvalue weighted by Crippen LogP contribution is -2.05. The van der Waals surface area contributed by atoms with Crippen LogP contribution >= 0.6 is 0 Å². The van der Waals surface area contributed by atoms with Crippen LogP contribution in [0.3, 0.4) is 0 Å². The summed E-state index contributed by atoms with van der Waals surface area (Å²) in [4.78, 5) is 19.1. The van der Waals surface area contributed by atoms with Gasteiger partial charge < -0.3 is 10.6 Å². The molecule has 126 valence electrons. The van der Waals surface area contributed by atoms with E-state index in [2.05, 4.69) is 20.6 Å². The van der Waals surface area contributed by atoms with E-state index in [4.69, 9.17) is 0 Å². The maximum absolute atomic E-state index is 11.6. The van der Waals surface area contributed by atoms with Crippen molar-refractivity contribution >= 4 is 28.7 Å². The Balaban J connectivity index is 1.94. The fourth-order valence-electron chi connectivity index (χ4n) is 2.28. The maximum atomic E-state index is 11.6. The lowest BCUT2D eigenvalue weighted by Gasteiger charge is -2.10. The molecule has 0 unspecified atom stereocenters. The van der Waals surface area contributed by atoms with E-state index in [0.29, 0.717) is 11.4 Å². The summed E-state index contributed by atoms with van der Waals surface area (Å²) in [5.41, 5.74) is 3.43. The van der Waals surface area contributed by atoms with Crippen molar-refractivity contribution in [3.05, 3.63) is 76.1 Å². The van der Waals surface area contributed by atoms with E-state index in [1.165, 1.54) is 6.33 Å². The minimum absolute atomic E-state index is 0.137. The van der Waals surface area contributed by atoms with Crippen molar-refractivity contribution in [1.82, 2.24) is 9.97 Å². The minimum Gasteiger partial charge on any atom is -0.334 e. The average Bonchev–Trinajstić information content (AvgIpc) is 2.59. The largest absolute Gasteiger partial charge is 0.353 e. The van der Waals surface area contributed by atoms with E-state index in [1.807, 2.05) is 62.4 Å². The average molecular weight is 335 g/mol. The fourth-order valence-corrected chi connectivity index (χ4v) is 2.28. The molecule has 3 aromatic rings. The Labute approximate surface area is 144 Å². The van der Waals surface area contributed by atoms with Gasteiger partial charge >= 0.3 is 5.69 Å². The van der Waals surface area contributed by atoms with Crippen LogP contribution in [0.1, 0.15) is 11.1 Å². The van der Waals surface area contributed by atoms with Gasteiger partial charge in [0.15, 0.2) is 0 Å². The summed E-state index contributed by atoms with van der Waals surface area (Å²) >= 11 is 0. The molecule has 2 aromatic carbocycles. The van der Waals surface area contributed by atoms with Crippen molar-refractivity contribution in [2.45, 2.75) is 13.8 Å². The van der Waals surface area contributed by atoms with Gasteiger partial charge in [0.2, 0.25) is 11.6 Å². The van der Waals surface area contributed by atoms with Crippen LogP contribution < -0.4 is 10.6 Å². The molecule has 1 aromatic heterocycles. The number of rotatable bonds is 5. The molecule has 1 heterocycles. The molecule has 25 heavy (non-hydrogen) atoms. The number of nitrogens with one attached hydrogen (secondary N) is 2. The van der Waals surface area contributed by atoms with E-state index in [0.717, 1.165) is 11.1 Å². The molecular formula is C18H17N5O2. The molecule has 0 amide bonds. The lowest BCUT2D eigenvalue weighted by molar-refractivity contribution is -0.383. The molecule has 0 aliphatic carbocycles. The van der Waals surface area contributed by atoms with Crippen LogP contribution in [-0.2, 0) is 0 Å². The number of hydrogen-bond donors (Lipinski definition) is 2. The van der Waals surface area contributed by atoms with Gasteiger partial charge in [-0.2, -0.15) is 0 Å². The first-order valence-electron chi connectivity index (χ1n) is 7.70. The van der Waals surface area contributed by atoms with Crippen LogP contribution in [0, 0.1) is 24.0 Å². The molecule has 0 atom stereocenters. The number of nitro groups is 1. The highest BCUT2D eigenvalue weighted by Gasteiger charge is 2.23. The highest BCUT2D eigenvalue weighted by molar-refractivity contribution is 5.76. The van der Waals surface area contributed by atoms with E-state index >= 15 is 0 Å². The second-order valence-electron chi connectivity index (χ2n) is 5.66. The number of aryl methyl sites for hydroxylation is 2. The van der Waals surface area contributed by atoms with Gasteiger partial charge in [0.25, 0.3) is 0 Å². The Morgan fingerprint density at radius 1 is 0.800 bits per heavy atom. The minimum atomic E-state index is -0.493. The Kier molecular flexibility index (Phi) is 4.56. The zero-order chi connectivity index (χ0) is 17.8. The van der Waals surface area contributed by atoms with Crippen molar-refractivity contribution < 1.29 is 4.92 Å². The fraction of sp³-hybridized carbons (Fsp3) is 0.111. The van der Waals surface area contributed by atoms with Crippen molar-refractivity contribution in [2.24, 2.45) is 0 Å². The molecule has 2 N–H and O–H groups in total. The summed E-state index contributed by atoms with van der Waals surface area (Å²) in [5.74, 6) is 0.275. The highest BCUT2D eigenvalue weighted by atomic mass is 16.6. The van der Waals surface area contributed by atoms with Gasteiger partial charge in [0, 0.05) is 11.4 Å². The molecule has 0 saturated carbocycles. The first-order chi connectivity index (χ1) is 12.0. The third-order valence-corrected chi connectivity index (χ3v) is 3.63. The molecule has 0 bridgehead atoms. The molecule has 0 aliphatic rings. The number of anilines is 4. The third kappa shape index (κ3) is 3.89. The number of aromatic nitrogens is 2. The Morgan fingerprint density at radius 3 is 1.56 bits per heavy atom. The first-order valence-corrected chi connectivity index (χ1v) is 7.70. The number of nitrogens with zero attached hydrogens (tertiary/aromatic N) is 3. The summed E-state index contributed by atoms with van der Waals surface area (Å²) < 4.78 is 0. The normalized spacial score (nSPS) is 10.3. The third-order valence-electron chi connectivity index (χ3n) is 3.63. The van der Waals surface area contributed by atoms with Crippen LogP contribution in [0.15, 0.2) is 54.9 Å². The van der Waals surface area contributed by atoms with Gasteiger partial charge in [-0.05, 0) is 38.1 Å². The summed E-state index contributed by atoms with van der Waals surface area (Å²) in [6, 6.07) is 15.0. The van der Waals surface area contributed by atoms with Gasteiger partial charge in [0.05, 0.1) is 4.92 Å². The molecule has 0 fully saturated rings. The maximum Gasteiger partial charge on any atom is 0.353 e. The lowest BCUT2D eigenvalue weighted by atomic mass is 10.2. The summed E-state index contributed by atoms with van der Waals surface area (Å²) in [5, 5.41) is 17.5. The van der Waals surface area contributed by atoms with E-state index in [1.54, 1.807) is 0 Å². The summed E-state index contributed by atoms with van der Waals surface area (Å²) in [6.07, 6.45) is 1.29. The number of benzene rings is 2. The predicted octanol–water partition coefficient (Wildman–Crippen LogP) is 4.49. The van der Waals surface area contributed by atoms with E-state index in [9.17, 15) is 10.1 Å². The predicted molar refractivity (Wildman–Crippen MR) is 97.6 cm³/mol. The first kappa shape index (κ1) is 16.4. The second kappa shape index (κ2) is 6.96. The molecule has 0 spiro atoms. The topological polar surface area (TPSA) is 93.0 Å². The van der Waals surface area contributed by atoms with Gasteiger partial charge in [-0.1, -0.05) is 35.4 Å². The molecule has 0 aliphatic heterocycles. The van der Waals surface area contributed by atoms with Crippen LogP contribution in [0.2, 0.25) is 0 Å². The Hall–Kier alpha value is -3.48. The monoisotopic (exact) mass is 335 g/mol. The van der Waals surface area contributed by atoms with Crippen LogP contribution in [0.4, 0.5) is 28.7 Å². The zero-order valence-electron chi connectivity index (χ0n) is 13.9. The second-order valence-corrected chi connectivity index (χ2v) is 5.66. The van der Waals surface area contributed by atoms with Gasteiger partial charge in [-0.3, -0.25) is 10.1 Å².